The molecule has 5 nitrogen and oxygen atoms in total. The highest BCUT2D eigenvalue weighted by molar-refractivity contribution is 7.89. The van der Waals surface area contributed by atoms with Crippen LogP contribution in [0.5, 0.6) is 0 Å². The summed E-state index contributed by atoms with van der Waals surface area (Å²) in [5, 5.41) is 8.90. The molecule has 1 aromatic rings. The Hall–Kier alpha value is -1.91. The van der Waals surface area contributed by atoms with E-state index in [1.165, 1.54) is 0 Å². The third-order valence-electron chi connectivity index (χ3n) is 3.22. The summed E-state index contributed by atoms with van der Waals surface area (Å²) in [7, 11) is -4.15. The molecule has 0 aromatic heterocycles. The second-order valence-corrected chi connectivity index (χ2v) is 6.80. The predicted molar refractivity (Wildman–Crippen MR) is 73.7 cm³/mol. The summed E-state index contributed by atoms with van der Waals surface area (Å²) in [6.45, 7) is 0.0544. The lowest BCUT2D eigenvalue weighted by Crippen LogP contribution is -2.34. The van der Waals surface area contributed by atoms with Gasteiger partial charge in [0.2, 0.25) is 10.0 Å². The second-order valence-electron chi connectivity index (χ2n) is 4.90. The van der Waals surface area contributed by atoms with Crippen molar-refractivity contribution in [3.8, 4) is 12.3 Å². The van der Waals surface area contributed by atoms with Crippen LogP contribution in [0, 0.1) is 24.1 Å². The minimum absolute atomic E-state index is 0.171. The topological polar surface area (TPSA) is 74.7 Å². The first-order valence-electron chi connectivity index (χ1n) is 6.32. The van der Waals surface area contributed by atoms with Gasteiger partial charge in [-0.15, -0.1) is 6.42 Å². The molecular weight excluding hydrogens is 297 g/mol. The van der Waals surface area contributed by atoms with Crippen molar-refractivity contribution in [3.05, 3.63) is 29.6 Å². The zero-order chi connectivity index (χ0) is 15.6. The normalized spacial score (nSPS) is 14.9. The molecule has 21 heavy (non-hydrogen) atoms. The largest absolute Gasteiger partial charge is 0.478 e. The number of halogens is 1. The summed E-state index contributed by atoms with van der Waals surface area (Å²) >= 11 is 0. The van der Waals surface area contributed by atoms with Crippen molar-refractivity contribution < 1.29 is 22.7 Å². The summed E-state index contributed by atoms with van der Waals surface area (Å²) in [5.41, 5.74) is -0.290. The van der Waals surface area contributed by atoms with Crippen molar-refractivity contribution >= 4 is 16.0 Å². The van der Waals surface area contributed by atoms with E-state index in [2.05, 4.69) is 5.92 Å². The summed E-state index contributed by atoms with van der Waals surface area (Å²) < 4.78 is 39.8. The third-order valence-corrected chi connectivity index (χ3v) is 5.05. The Morgan fingerprint density at radius 3 is 2.67 bits per heavy atom. The fourth-order valence-electron chi connectivity index (χ4n) is 1.91. The zero-order valence-corrected chi connectivity index (χ0v) is 11.9. The van der Waals surface area contributed by atoms with Crippen LogP contribution in [0.1, 0.15) is 23.2 Å². The molecule has 0 aliphatic heterocycles. The molecule has 0 atom stereocenters. The van der Waals surface area contributed by atoms with Gasteiger partial charge in [0.1, 0.15) is 10.7 Å². The van der Waals surface area contributed by atoms with Crippen molar-refractivity contribution in [2.24, 2.45) is 5.92 Å². The highest BCUT2D eigenvalue weighted by Crippen LogP contribution is 2.32. The predicted octanol–water partition coefficient (Wildman–Crippen LogP) is 1.56. The first kappa shape index (κ1) is 15.5. The minimum Gasteiger partial charge on any atom is -0.478 e. The Labute approximate surface area is 122 Å². The van der Waals surface area contributed by atoms with E-state index in [0.717, 1.165) is 35.3 Å². The maximum Gasteiger partial charge on any atom is 0.335 e. The molecule has 2 rings (SSSR count). The van der Waals surface area contributed by atoms with Crippen LogP contribution >= 0.6 is 0 Å². The Morgan fingerprint density at radius 2 is 2.14 bits per heavy atom. The number of aromatic carboxylic acids is 1. The number of rotatable bonds is 6. The number of nitrogens with zero attached hydrogens (tertiary/aromatic N) is 1. The molecule has 1 N–H and O–H groups in total. The van der Waals surface area contributed by atoms with Gasteiger partial charge < -0.3 is 5.11 Å². The molecule has 0 heterocycles. The SMILES string of the molecule is C#CCN(CC1CC1)S(=O)(=O)c1cc(C(=O)O)ccc1F. The highest BCUT2D eigenvalue weighted by Gasteiger charge is 2.33. The van der Waals surface area contributed by atoms with E-state index in [9.17, 15) is 17.6 Å². The van der Waals surface area contributed by atoms with Crippen LogP contribution in [-0.4, -0.2) is 36.9 Å². The first-order valence-corrected chi connectivity index (χ1v) is 7.76. The number of carboxylic acids is 1. The van der Waals surface area contributed by atoms with Crippen molar-refractivity contribution in [1.82, 2.24) is 4.31 Å². The number of hydrogen-bond donors (Lipinski definition) is 1. The minimum atomic E-state index is -4.15. The van der Waals surface area contributed by atoms with Crippen LogP contribution in [0.2, 0.25) is 0 Å². The number of hydrogen-bond acceptors (Lipinski definition) is 3. The molecule has 0 radical (unpaired) electrons. The molecule has 7 heteroatoms. The number of benzene rings is 1. The van der Waals surface area contributed by atoms with E-state index < -0.39 is 26.7 Å². The van der Waals surface area contributed by atoms with Gasteiger partial charge in [-0.05, 0) is 37.0 Å². The van der Waals surface area contributed by atoms with Gasteiger partial charge in [-0.1, -0.05) is 5.92 Å². The van der Waals surface area contributed by atoms with E-state index >= 15 is 0 Å². The molecule has 0 bridgehead atoms. The smallest absolute Gasteiger partial charge is 0.335 e. The van der Waals surface area contributed by atoms with Crippen LogP contribution in [0.3, 0.4) is 0 Å². The summed E-state index contributed by atoms with van der Waals surface area (Å²) in [5.74, 6) is 0.166. The van der Waals surface area contributed by atoms with Gasteiger partial charge in [-0.25, -0.2) is 17.6 Å². The highest BCUT2D eigenvalue weighted by atomic mass is 32.2. The maximum absolute atomic E-state index is 13.8. The number of sulfonamides is 1. The van der Waals surface area contributed by atoms with E-state index in [4.69, 9.17) is 11.5 Å². The number of carbonyl (C=O) groups is 1. The molecule has 112 valence electrons. The molecule has 0 unspecified atom stereocenters. The van der Waals surface area contributed by atoms with Crippen LogP contribution < -0.4 is 0 Å². The molecule has 1 fully saturated rings. The average Bonchev–Trinajstić information content (AvgIpc) is 3.22. The van der Waals surface area contributed by atoms with E-state index in [1.54, 1.807) is 0 Å². The zero-order valence-electron chi connectivity index (χ0n) is 11.1. The van der Waals surface area contributed by atoms with Crippen molar-refractivity contribution in [2.75, 3.05) is 13.1 Å². The molecule has 0 amide bonds. The molecule has 1 aliphatic carbocycles. The average molecular weight is 311 g/mol. The van der Waals surface area contributed by atoms with Gasteiger partial charge in [0, 0.05) is 6.54 Å². The molecule has 1 aromatic carbocycles. The molecular formula is C14H14FNO4S. The van der Waals surface area contributed by atoms with Crippen LogP contribution in [0.25, 0.3) is 0 Å². The van der Waals surface area contributed by atoms with E-state index in [-0.39, 0.29) is 24.6 Å². The van der Waals surface area contributed by atoms with Gasteiger partial charge in [0.15, 0.2) is 0 Å². The molecule has 1 aliphatic rings. The Morgan fingerprint density at radius 1 is 1.48 bits per heavy atom. The Balaban J connectivity index is 2.43. The quantitative estimate of drug-likeness (QED) is 0.809. The van der Waals surface area contributed by atoms with Gasteiger partial charge in [-0.3, -0.25) is 0 Å². The van der Waals surface area contributed by atoms with Crippen molar-refractivity contribution in [3.63, 3.8) is 0 Å². The van der Waals surface area contributed by atoms with Gasteiger partial charge in [0.05, 0.1) is 12.1 Å². The van der Waals surface area contributed by atoms with Gasteiger partial charge in [0.25, 0.3) is 0 Å². The lowest BCUT2D eigenvalue weighted by Gasteiger charge is -2.20. The van der Waals surface area contributed by atoms with Gasteiger partial charge >= 0.3 is 5.97 Å². The standard InChI is InChI=1S/C14H14FNO4S/c1-2-7-16(9-10-3-4-10)21(19,20)13-8-11(14(17)18)5-6-12(13)15/h1,5-6,8,10H,3-4,7,9H2,(H,17,18). The van der Waals surface area contributed by atoms with Crippen LogP contribution in [-0.2, 0) is 10.0 Å². The second kappa shape index (κ2) is 5.84. The lowest BCUT2D eigenvalue weighted by molar-refractivity contribution is 0.0696. The molecule has 0 spiro atoms. The first-order chi connectivity index (χ1) is 9.86. The number of carboxylic acid groups (broad SMARTS) is 1. The summed E-state index contributed by atoms with van der Waals surface area (Å²) in [4.78, 5) is 10.3. The Kier molecular flexibility index (Phi) is 4.30. The summed E-state index contributed by atoms with van der Waals surface area (Å²) in [6, 6.07) is 2.67. The maximum atomic E-state index is 13.8. The molecule has 1 saturated carbocycles. The van der Waals surface area contributed by atoms with Crippen molar-refractivity contribution in [1.29, 1.82) is 0 Å². The Bertz CT molecular complexity index is 704. The van der Waals surface area contributed by atoms with E-state index in [0.29, 0.717) is 0 Å². The number of terminal acetylenes is 1. The third kappa shape index (κ3) is 3.40. The van der Waals surface area contributed by atoms with Crippen molar-refractivity contribution in [2.45, 2.75) is 17.7 Å². The fraction of sp³-hybridized carbons (Fsp3) is 0.357. The molecule has 0 saturated heterocycles. The summed E-state index contributed by atoms with van der Waals surface area (Å²) in [6.07, 6.45) is 6.99. The van der Waals surface area contributed by atoms with Gasteiger partial charge in [-0.2, -0.15) is 4.31 Å². The fourth-order valence-corrected chi connectivity index (χ4v) is 3.43. The van der Waals surface area contributed by atoms with Crippen LogP contribution in [0.4, 0.5) is 4.39 Å². The van der Waals surface area contributed by atoms with Crippen LogP contribution in [0.15, 0.2) is 23.1 Å². The van der Waals surface area contributed by atoms with E-state index in [1.807, 2.05) is 0 Å². The lowest BCUT2D eigenvalue weighted by atomic mass is 10.2. The monoisotopic (exact) mass is 311 g/mol.